The lowest BCUT2D eigenvalue weighted by molar-refractivity contribution is -0.149. The van der Waals surface area contributed by atoms with E-state index in [0.29, 0.717) is 0 Å². The molecule has 6 heteroatoms. The zero-order valence-corrected chi connectivity index (χ0v) is 18.4. The van der Waals surface area contributed by atoms with E-state index in [2.05, 4.69) is 49.8 Å². The van der Waals surface area contributed by atoms with Crippen molar-refractivity contribution in [3.63, 3.8) is 0 Å². The Balaban J connectivity index is 2.01. The molecular weight excluding hydrogens is 376 g/mol. The van der Waals surface area contributed by atoms with Crippen LogP contribution in [0.1, 0.15) is 50.6 Å². The van der Waals surface area contributed by atoms with Gasteiger partial charge < -0.3 is 9.64 Å². The molecule has 2 aromatic rings. The maximum Gasteiger partial charge on any atom is 0.336 e. The van der Waals surface area contributed by atoms with Crippen LogP contribution in [-0.4, -0.2) is 25.7 Å². The molecule has 0 aliphatic heterocycles. The monoisotopic (exact) mass is 400 g/mol. The van der Waals surface area contributed by atoms with Gasteiger partial charge in [-0.15, -0.1) is 22.7 Å². The third-order valence-corrected chi connectivity index (χ3v) is 7.02. The molecule has 0 unspecified atom stereocenters. The first-order valence-electron chi connectivity index (χ1n) is 8.73. The Labute approximate surface area is 168 Å². The van der Waals surface area contributed by atoms with Crippen LogP contribution in [0.25, 0.3) is 20.7 Å². The van der Waals surface area contributed by atoms with Crippen LogP contribution in [0.15, 0.2) is 17.8 Å². The first kappa shape index (κ1) is 19.7. The van der Waals surface area contributed by atoms with E-state index < -0.39 is 11.6 Å². The number of thiophene rings is 2. The van der Waals surface area contributed by atoms with Crippen molar-refractivity contribution < 1.29 is 9.53 Å². The molecule has 3 rings (SSSR count). The fraction of sp³-hybridized carbons (Fsp3) is 0.429. The Bertz CT molecular complexity index is 979. The summed E-state index contributed by atoms with van der Waals surface area (Å²) < 4.78 is 5.35. The molecule has 27 heavy (non-hydrogen) atoms. The van der Waals surface area contributed by atoms with Gasteiger partial charge in [0.05, 0.1) is 16.5 Å². The van der Waals surface area contributed by atoms with Gasteiger partial charge in [-0.25, -0.2) is 4.85 Å². The summed E-state index contributed by atoms with van der Waals surface area (Å²) in [7, 11) is 4.11. The van der Waals surface area contributed by atoms with Crippen molar-refractivity contribution in [3.05, 3.63) is 45.3 Å². The summed E-state index contributed by atoms with van der Waals surface area (Å²) >= 11 is 3.43. The first-order chi connectivity index (χ1) is 12.4. The van der Waals surface area contributed by atoms with E-state index in [1.807, 2.05) is 0 Å². The Hall–Kier alpha value is -2.10. The smallest absolute Gasteiger partial charge is 0.336 e. The summed E-state index contributed by atoms with van der Waals surface area (Å²) in [5.74, 6) is -0.572. The molecule has 0 amide bonds. The highest BCUT2D eigenvalue weighted by Gasteiger charge is 2.39. The number of carbonyl (C=O) groups excluding carboxylic acids is 1. The summed E-state index contributed by atoms with van der Waals surface area (Å²) in [5.41, 5.74) is 1.93. The second-order valence-corrected chi connectivity index (χ2v) is 10.5. The van der Waals surface area contributed by atoms with Gasteiger partial charge in [-0.1, -0.05) is 13.8 Å². The molecular formula is C21H24N2O2S2. The van der Waals surface area contributed by atoms with Gasteiger partial charge >= 0.3 is 5.97 Å². The third-order valence-electron chi connectivity index (χ3n) is 4.47. The number of hydrogen-bond acceptors (Lipinski definition) is 5. The first-order valence-corrected chi connectivity index (χ1v) is 10.4. The van der Waals surface area contributed by atoms with Crippen LogP contribution in [0, 0.1) is 6.57 Å². The molecule has 0 N–H and O–H groups in total. The van der Waals surface area contributed by atoms with Crippen molar-refractivity contribution in [2.24, 2.45) is 0 Å². The van der Waals surface area contributed by atoms with Crippen molar-refractivity contribution in [1.29, 1.82) is 0 Å². The second-order valence-electron chi connectivity index (χ2n) is 8.38. The Morgan fingerprint density at radius 2 is 1.78 bits per heavy atom. The van der Waals surface area contributed by atoms with Crippen LogP contribution in [0.3, 0.4) is 0 Å². The summed E-state index contributed by atoms with van der Waals surface area (Å²) in [4.78, 5) is 21.3. The number of anilines is 1. The normalized spacial score (nSPS) is 15.1. The van der Waals surface area contributed by atoms with Crippen molar-refractivity contribution in [1.82, 2.24) is 0 Å². The Kier molecular flexibility index (Phi) is 4.73. The van der Waals surface area contributed by atoms with Crippen LogP contribution < -0.4 is 4.90 Å². The van der Waals surface area contributed by atoms with E-state index in [-0.39, 0.29) is 11.1 Å². The van der Waals surface area contributed by atoms with E-state index in [1.165, 1.54) is 25.9 Å². The number of carbonyl (C=O) groups is 1. The van der Waals surface area contributed by atoms with E-state index >= 15 is 0 Å². The molecule has 0 spiro atoms. The molecule has 2 aromatic heterocycles. The molecule has 0 fully saturated rings. The van der Waals surface area contributed by atoms with Gasteiger partial charge in [0.25, 0.3) is 5.70 Å². The zero-order valence-electron chi connectivity index (χ0n) is 16.8. The molecule has 0 bridgehead atoms. The third kappa shape index (κ3) is 3.54. The standard InChI is InChI=1S/C21H24N2O2S2/c1-20(2,3)25-19(24)15(22-6)10-12-9-13-17(26-12)18-14(21(13,4)5)11-16(27-18)23(7)8/h9-11H,1-5,7-8H3/b15-10-. The Morgan fingerprint density at radius 1 is 1.19 bits per heavy atom. The number of nitrogens with zero attached hydrogens (tertiary/aromatic N) is 2. The molecule has 1 aliphatic carbocycles. The minimum absolute atomic E-state index is 0.0167. The molecule has 4 nitrogen and oxygen atoms in total. The van der Waals surface area contributed by atoms with Gasteiger partial charge in [-0.3, -0.25) is 4.79 Å². The molecule has 0 atom stereocenters. The fourth-order valence-corrected chi connectivity index (χ4v) is 5.75. The van der Waals surface area contributed by atoms with Gasteiger partial charge in [-0.05, 0) is 50.1 Å². The molecule has 142 valence electrons. The largest absolute Gasteiger partial charge is 0.465 e. The van der Waals surface area contributed by atoms with E-state index in [0.717, 1.165) is 4.88 Å². The average molecular weight is 401 g/mol. The van der Waals surface area contributed by atoms with Crippen molar-refractivity contribution in [2.75, 3.05) is 19.0 Å². The maximum absolute atomic E-state index is 12.3. The highest BCUT2D eigenvalue weighted by atomic mass is 32.1. The van der Waals surface area contributed by atoms with E-state index in [4.69, 9.17) is 11.3 Å². The van der Waals surface area contributed by atoms with E-state index in [9.17, 15) is 4.79 Å². The molecule has 1 aliphatic rings. The quantitative estimate of drug-likeness (QED) is 0.372. The minimum atomic E-state index is -0.617. The SMILES string of the molecule is [C-]#[N+]/C(=C\c1cc2c(s1)-c1sc(N(C)C)cc1C2(C)C)C(=O)OC(C)(C)C. The summed E-state index contributed by atoms with van der Waals surface area (Å²) in [6.07, 6.45) is 1.65. The van der Waals surface area contributed by atoms with Crippen molar-refractivity contribution in [2.45, 2.75) is 45.6 Å². The van der Waals surface area contributed by atoms with Crippen LogP contribution >= 0.6 is 22.7 Å². The van der Waals surface area contributed by atoms with Crippen LogP contribution in [-0.2, 0) is 14.9 Å². The number of esters is 1. The number of rotatable bonds is 3. The molecule has 0 saturated carbocycles. The van der Waals surface area contributed by atoms with Crippen LogP contribution in [0.4, 0.5) is 5.00 Å². The number of fused-ring (bicyclic) bond motifs is 3. The topological polar surface area (TPSA) is 33.9 Å². The van der Waals surface area contributed by atoms with Crippen LogP contribution in [0.5, 0.6) is 0 Å². The summed E-state index contributed by atoms with van der Waals surface area (Å²) in [5, 5.41) is 1.24. The number of ether oxygens (including phenoxy) is 1. The van der Waals surface area contributed by atoms with Gasteiger partial charge in [0.15, 0.2) is 0 Å². The lowest BCUT2D eigenvalue weighted by Crippen LogP contribution is -2.24. The highest BCUT2D eigenvalue weighted by Crippen LogP contribution is 2.57. The van der Waals surface area contributed by atoms with Crippen LogP contribution in [0.2, 0.25) is 0 Å². The maximum atomic E-state index is 12.3. The summed E-state index contributed by atoms with van der Waals surface area (Å²) in [6, 6.07) is 4.38. The van der Waals surface area contributed by atoms with Gasteiger partial charge in [0, 0.05) is 29.3 Å². The van der Waals surface area contributed by atoms with Crippen molar-refractivity contribution in [3.8, 4) is 9.75 Å². The number of hydrogen-bond donors (Lipinski definition) is 0. The van der Waals surface area contributed by atoms with Gasteiger partial charge in [0.2, 0.25) is 0 Å². The summed E-state index contributed by atoms with van der Waals surface area (Å²) in [6.45, 7) is 17.2. The second kappa shape index (κ2) is 6.50. The predicted octanol–water partition coefficient (Wildman–Crippen LogP) is 5.78. The van der Waals surface area contributed by atoms with Crippen molar-refractivity contribution >= 4 is 39.7 Å². The average Bonchev–Trinajstić information content (AvgIpc) is 3.18. The predicted molar refractivity (Wildman–Crippen MR) is 115 cm³/mol. The van der Waals surface area contributed by atoms with Gasteiger partial charge in [0.1, 0.15) is 5.60 Å². The van der Waals surface area contributed by atoms with E-state index in [1.54, 1.807) is 49.5 Å². The lowest BCUT2D eigenvalue weighted by Gasteiger charge is -2.19. The minimum Gasteiger partial charge on any atom is -0.465 e. The molecule has 0 saturated heterocycles. The van der Waals surface area contributed by atoms with Gasteiger partial charge in [-0.2, -0.15) is 0 Å². The highest BCUT2D eigenvalue weighted by molar-refractivity contribution is 7.25. The zero-order chi connectivity index (χ0) is 20.1. The Morgan fingerprint density at radius 3 is 2.33 bits per heavy atom. The molecule has 0 aromatic carbocycles. The fourth-order valence-electron chi connectivity index (χ4n) is 3.09. The molecule has 2 heterocycles. The lowest BCUT2D eigenvalue weighted by atomic mass is 9.84. The molecule has 0 radical (unpaired) electrons.